The molecule has 0 amide bonds. The molecule has 84 valence electrons. The van der Waals surface area contributed by atoms with Crippen LogP contribution in [0.1, 0.15) is 24.9 Å². The molecule has 0 aliphatic carbocycles. The van der Waals surface area contributed by atoms with Crippen LogP contribution < -0.4 is 0 Å². The molecule has 4 nitrogen and oxygen atoms in total. The Morgan fingerprint density at radius 2 is 2.25 bits per heavy atom. The quantitative estimate of drug-likeness (QED) is 0.766. The van der Waals surface area contributed by atoms with E-state index >= 15 is 0 Å². The van der Waals surface area contributed by atoms with Gasteiger partial charge in [0.05, 0.1) is 17.8 Å². The summed E-state index contributed by atoms with van der Waals surface area (Å²) in [7, 11) is 0. The van der Waals surface area contributed by atoms with Crippen molar-refractivity contribution < 1.29 is 0 Å². The van der Waals surface area contributed by atoms with Crippen molar-refractivity contribution in [3.63, 3.8) is 0 Å². The summed E-state index contributed by atoms with van der Waals surface area (Å²) in [5.74, 6) is 2.15. The molecule has 0 unspecified atom stereocenters. The Kier molecular flexibility index (Phi) is 3.51. The van der Waals surface area contributed by atoms with Gasteiger partial charge in [-0.15, -0.1) is 11.6 Å². The zero-order chi connectivity index (χ0) is 11.4. The predicted octanol–water partition coefficient (Wildman–Crippen LogP) is 2.35. The lowest BCUT2D eigenvalue weighted by Gasteiger charge is -2.06. The maximum absolute atomic E-state index is 5.73. The average molecular weight is 237 g/mol. The van der Waals surface area contributed by atoms with Crippen LogP contribution in [0.4, 0.5) is 0 Å². The van der Waals surface area contributed by atoms with E-state index < -0.39 is 0 Å². The number of hydrogen-bond donors (Lipinski definition) is 0. The lowest BCUT2D eigenvalue weighted by Crippen LogP contribution is -2.04. The summed E-state index contributed by atoms with van der Waals surface area (Å²) in [6.07, 6.45) is 9.05. The van der Waals surface area contributed by atoms with E-state index in [-0.39, 0.29) is 0 Å². The van der Waals surface area contributed by atoms with Crippen LogP contribution in [0.2, 0.25) is 0 Å². The maximum atomic E-state index is 5.73. The van der Waals surface area contributed by atoms with Gasteiger partial charge < -0.3 is 0 Å². The summed E-state index contributed by atoms with van der Waals surface area (Å²) in [5.41, 5.74) is 0.773. The Morgan fingerprint density at radius 3 is 3.00 bits per heavy atom. The largest absolute Gasteiger partial charge is 0.287 e. The third-order valence-corrected chi connectivity index (χ3v) is 2.52. The Balaban J connectivity index is 2.37. The standard InChI is InChI=1S/C11H13ClN4/c1-2-3-10-14-4-5-16(10)11-8-13-7-9(6-12)15-11/h4-5,7-8H,2-3,6H2,1H3. The van der Waals surface area contributed by atoms with Gasteiger partial charge in [-0.25, -0.2) is 9.97 Å². The summed E-state index contributed by atoms with van der Waals surface area (Å²) < 4.78 is 1.95. The highest BCUT2D eigenvalue weighted by Gasteiger charge is 2.06. The van der Waals surface area contributed by atoms with Crippen LogP contribution in [0.25, 0.3) is 5.82 Å². The first-order valence-electron chi connectivity index (χ1n) is 5.24. The van der Waals surface area contributed by atoms with Gasteiger partial charge in [0, 0.05) is 25.0 Å². The van der Waals surface area contributed by atoms with Crippen LogP contribution in [-0.2, 0) is 12.3 Å². The summed E-state index contributed by atoms with van der Waals surface area (Å²) >= 11 is 5.73. The molecular weight excluding hydrogens is 224 g/mol. The van der Waals surface area contributed by atoms with Crippen LogP contribution in [0.5, 0.6) is 0 Å². The fourth-order valence-corrected chi connectivity index (χ4v) is 1.66. The van der Waals surface area contributed by atoms with Gasteiger partial charge in [0.15, 0.2) is 5.82 Å². The molecule has 2 aromatic rings. The highest BCUT2D eigenvalue weighted by molar-refractivity contribution is 6.16. The first-order valence-corrected chi connectivity index (χ1v) is 5.78. The molecular formula is C11H13ClN4. The molecule has 0 saturated heterocycles. The van der Waals surface area contributed by atoms with Gasteiger partial charge in [-0.05, 0) is 6.42 Å². The summed E-state index contributed by atoms with van der Waals surface area (Å²) in [6.45, 7) is 2.12. The minimum absolute atomic E-state index is 0.374. The van der Waals surface area contributed by atoms with Gasteiger partial charge >= 0.3 is 0 Å². The molecule has 0 bridgehead atoms. The van der Waals surface area contributed by atoms with Crippen molar-refractivity contribution in [3.05, 3.63) is 36.3 Å². The zero-order valence-electron chi connectivity index (χ0n) is 9.10. The van der Waals surface area contributed by atoms with E-state index in [1.165, 1.54) is 0 Å². The second kappa shape index (κ2) is 5.07. The number of alkyl halides is 1. The third-order valence-electron chi connectivity index (χ3n) is 2.25. The lowest BCUT2D eigenvalue weighted by molar-refractivity contribution is 0.792. The third kappa shape index (κ3) is 2.22. The van der Waals surface area contributed by atoms with Crippen LogP contribution in [0.3, 0.4) is 0 Å². The van der Waals surface area contributed by atoms with Crippen molar-refractivity contribution in [2.24, 2.45) is 0 Å². The minimum atomic E-state index is 0.374. The summed E-state index contributed by atoms with van der Waals surface area (Å²) in [4.78, 5) is 12.8. The molecule has 0 aromatic carbocycles. The Bertz CT molecular complexity index is 467. The van der Waals surface area contributed by atoms with E-state index in [2.05, 4.69) is 21.9 Å². The molecule has 2 heterocycles. The number of rotatable bonds is 4. The highest BCUT2D eigenvalue weighted by Crippen LogP contribution is 2.10. The fourth-order valence-electron chi connectivity index (χ4n) is 1.53. The van der Waals surface area contributed by atoms with Crippen molar-refractivity contribution >= 4 is 11.6 Å². The smallest absolute Gasteiger partial charge is 0.156 e. The van der Waals surface area contributed by atoms with Gasteiger partial charge in [-0.2, -0.15) is 0 Å². The second-order valence-electron chi connectivity index (χ2n) is 3.47. The van der Waals surface area contributed by atoms with Crippen molar-refractivity contribution in [2.45, 2.75) is 25.6 Å². The monoisotopic (exact) mass is 236 g/mol. The van der Waals surface area contributed by atoms with Crippen LogP contribution >= 0.6 is 11.6 Å². The van der Waals surface area contributed by atoms with Crippen LogP contribution in [-0.4, -0.2) is 19.5 Å². The fraction of sp³-hybridized carbons (Fsp3) is 0.364. The molecule has 0 aliphatic rings. The average Bonchev–Trinajstić information content (AvgIpc) is 2.78. The number of nitrogens with zero attached hydrogens (tertiary/aromatic N) is 4. The number of aromatic nitrogens is 4. The lowest BCUT2D eigenvalue weighted by atomic mass is 10.3. The molecule has 0 radical (unpaired) electrons. The predicted molar refractivity (Wildman–Crippen MR) is 62.7 cm³/mol. The molecule has 0 atom stereocenters. The summed E-state index contributed by atoms with van der Waals surface area (Å²) in [6, 6.07) is 0. The maximum Gasteiger partial charge on any atom is 0.156 e. The van der Waals surface area contributed by atoms with Crippen molar-refractivity contribution in [1.29, 1.82) is 0 Å². The van der Waals surface area contributed by atoms with E-state index in [4.69, 9.17) is 11.6 Å². The van der Waals surface area contributed by atoms with Gasteiger partial charge in [0.1, 0.15) is 5.82 Å². The van der Waals surface area contributed by atoms with E-state index in [1.807, 2.05) is 10.8 Å². The van der Waals surface area contributed by atoms with Crippen molar-refractivity contribution in [2.75, 3.05) is 0 Å². The van der Waals surface area contributed by atoms with Crippen LogP contribution in [0, 0.1) is 0 Å². The SMILES string of the molecule is CCCc1nccn1-c1cncc(CCl)n1. The summed E-state index contributed by atoms with van der Waals surface area (Å²) in [5, 5.41) is 0. The highest BCUT2D eigenvalue weighted by atomic mass is 35.5. The molecule has 0 saturated carbocycles. The Labute approximate surface area is 99.3 Å². The van der Waals surface area contributed by atoms with Crippen molar-refractivity contribution in [3.8, 4) is 5.82 Å². The molecule has 0 fully saturated rings. The van der Waals surface area contributed by atoms with Gasteiger partial charge in [-0.3, -0.25) is 9.55 Å². The normalized spacial score (nSPS) is 10.6. The number of imidazole rings is 1. The van der Waals surface area contributed by atoms with Crippen molar-refractivity contribution in [1.82, 2.24) is 19.5 Å². The van der Waals surface area contributed by atoms with E-state index in [9.17, 15) is 0 Å². The molecule has 0 spiro atoms. The Morgan fingerprint density at radius 1 is 1.38 bits per heavy atom. The van der Waals surface area contributed by atoms with Crippen LogP contribution in [0.15, 0.2) is 24.8 Å². The minimum Gasteiger partial charge on any atom is -0.287 e. The first kappa shape index (κ1) is 11.1. The number of halogens is 1. The molecule has 2 rings (SSSR count). The molecule has 2 aromatic heterocycles. The molecule has 0 N–H and O–H groups in total. The Hall–Kier alpha value is -1.42. The second-order valence-corrected chi connectivity index (χ2v) is 3.73. The van der Waals surface area contributed by atoms with E-state index in [0.717, 1.165) is 30.2 Å². The van der Waals surface area contributed by atoms with Gasteiger partial charge in [-0.1, -0.05) is 6.92 Å². The van der Waals surface area contributed by atoms with E-state index in [0.29, 0.717) is 5.88 Å². The molecule has 5 heteroatoms. The first-order chi connectivity index (χ1) is 7.85. The van der Waals surface area contributed by atoms with Gasteiger partial charge in [0.2, 0.25) is 0 Å². The van der Waals surface area contributed by atoms with Gasteiger partial charge in [0.25, 0.3) is 0 Å². The zero-order valence-corrected chi connectivity index (χ0v) is 9.85. The number of hydrogen-bond acceptors (Lipinski definition) is 3. The molecule has 0 aliphatic heterocycles. The topological polar surface area (TPSA) is 43.6 Å². The molecule has 16 heavy (non-hydrogen) atoms. The van der Waals surface area contributed by atoms with E-state index in [1.54, 1.807) is 18.6 Å². The number of aryl methyl sites for hydroxylation is 1.